The lowest BCUT2D eigenvalue weighted by Crippen LogP contribution is -2.58. The van der Waals surface area contributed by atoms with Gasteiger partial charge >= 0.3 is 0 Å². The van der Waals surface area contributed by atoms with Gasteiger partial charge in [-0.15, -0.1) is 10.2 Å². The summed E-state index contributed by atoms with van der Waals surface area (Å²) >= 11 is 12.0. The van der Waals surface area contributed by atoms with E-state index in [1.807, 2.05) is 0 Å². The molecular formula is C24H32Cl2N8O5S. The summed E-state index contributed by atoms with van der Waals surface area (Å²) in [4.78, 5) is 41.7. The molecule has 40 heavy (non-hydrogen) atoms. The van der Waals surface area contributed by atoms with Gasteiger partial charge in [0.25, 0.3) is 5.91 Å². The number of hydrogen-bond acceptors (Lipinski definition) is 9. The number of sulfone groups is 1. The number of aromatic nitrogens is 4. The summed E-state index contributed by atoms with van der Waals surface area (Å²) in [5.74, 6) is -1.24. The molecular weight excluding hydrogens is 583 g/mol. The maximum atomic E-state index is 13.8. The van der Waals surface area contributed by atoms with E-state index in [4.69, 9.17) is 28.9 Å². The second-order valence-electron chi connectivity index (χ2n) is 10.6. The molecule has 1 saturated heterocycles. The number of H-pyrrole nitrogens is 1. The lowest BCUT2D eigenvalue weighted by molar-refractivity contribution is -0.142. The van der Waals surface area contributed by atoms with Crippen LogP contribution in [0.3, 0.4) is 0 Å². The van der Waals surface area contributed by atoms with E-state index in [0.29, 0.717) is 25.1 Å². The maximum Gasteiger partial charge on any atom is 0.252 e. The van der Waals surface area contributed by atoms with Crippen LogP contribution < -0.4 is 16.4 Å². The Bertz CT molecular complexity index is 1390. The SMILES string of the molecule is CC(C)(C)[C@@H](NC(=O)c1ccc(N)c(Cl)c1)C(=O)N1CCC[C@@H]1C(=O)N[C@H](/C=C(\Cl)S(C)(=O)=O)Cc1nn[nH]n1. The minimum Gasteiger partial charge on any atom is -0.398 e. The first kappa shape index (κ1) is 31.3. The van der Waals surface area contributed by atoms with Gasteiger partial charge in [0.1, 0.15) is 16.4 Å². The molecule has 1 aromatic carbocycles. The van der Waals surface area contributed by atoms with Crippen LogP contribution in [0, 0.1) is 5.41 Å². The number of aromatic amines is 1. The third-order valence-electron chi connectivity index (χ3n) is 6.30. The molecule has 0 bridgehead atoms. The van der Waals surface area contributed by atoms with Gasteiger partial charge in [-0.2, -0.15) is 5.21 Å². The van der Waals surface area contributed by atoms with E-state index in [2.05, 4.69) is 31.3 Å². The molecule has 1 aliphatic heterocycles. The van der Waals surface area contributed by atoms with Gasteiger partial charge in [-0.1, -0.05) is 49.2 Å². The molecule has 1 aromatic heterocycles. The van der Waals surface area contributed by atoms with Gasteiger partial charge in [0, 0.05) is 24.8 Å². The fourth-order valence-electron chi connectivity index (χ4n) is 4.18. The Labute approximate surface area is 242 Å². The number of nitrogens with zero attached hydrogens (tertiary/aromatic N) is 4. The van der Waals surface area contributed by atoms with Crippen LogP contribution in [-0.4, -0.2) is 82.6 Å². The van der Waals surface area contributed by atoms with Crippen LogP contribution in [0.25, 0.3) is 0 Å². The lowest BCUT2D eigenvalue weighted by Gasteiger charge is -2.35. The van der Waals surface area contributed by atoms with Crippen LogP contribution in [0.5, 0.6) is 0 Å². The lowest BCUT2D eigenvalue weighted by atomic mass is 9.85. The van der Waals surface area contributed by atoms with Crippen molar-refractivity contribution in [1.29, 1.82) is 0 Å². The number of rotatable bonds is 9. The number of anilines is 1. The summed E-state index contributed by atoms with van der Waals surface area (Å²) in [6.07, 6.45) is 3.05. The largest absolute Gasteiger partial charge is 0.398 e. The monoisotopic (exact) mass is 614 g/mol. The fraction of sp³-hybridized carbons (Fsp3) is 0.500. The molecule has 3 rings (SSSR count). The second kappa shape index (κ2) is 12.5. The Morgan fingerprint density at radius 3 is 2.55 bits per heavy atom. The Kier molecular flexibility index (Phi) is 9.80. The summed E-state index contributed by atoms with van der Waals surface area (Å²) in [5.41, 5.74) is 5.58. The molecule has 5 N–H and O–H groups in total. The van der Waals surface area contributed by atoms with E-state index in [1.165, 1.54) is 29.2 Å². The van der Waals surface area contributed by atoms with Crippen molar-refractivity contribution in [1.82, 2.24) is 36.2 Å². The summed E-state index contributed by atoms with van der Waals surface area (Å²) in [5, 5.41) is 19.2. The fourth-order valence-corrected chi connectivity index (χ4v) is 4.92. The maximum absolute atomic E-state index is 13.8. The van der Waals surface area contributed by atoms with Crippen LogP contribution in [0.4, 0.5) is 5.69 Å². The number of nitrogens with one attached hydrogen (secondary N) is 3. The molecule has 3 atom stereocenters. The first-order chi connectivity index (χ1) is 18.6. The average molecular weight is 616 g/mol. The van der Waals surface area contributed by atoms with Crippen LogP contribution in [0.1, 0.15) is 49.8 Å². The normalized spacial score (nSPS) is 17.8. The second-order valence-corrected chi connectivity index (χ2v) is 13.6. The summed E-state index contributed by atoms with van der Waals surface area (Å²) in [7, 11) is -3.73. The smallest absolute Gasteiger partial charge is 0.252 e. The highest BCUT2D eigenvalue weighted by molar-refractivity contribution is 7.96. The molecule has 0 spiro atoms. The van der Waals surface area contributed by atoms with Gasteiger partial charge in [0.15, 0.2) is 15.7 Å². The topological polar surface area (TPSA) is 193 Å². The van der Waals surface area contributed by atoms with Gasteiger partial charge in [-0.05, 0) is 42.5 Å². The minimum atomic E-state index is -3.73. The number of carbonyl (C=O) groups excluding carboxylic acids is 3. The van der Waals surface area contributed by atoms with E-state index in [-0.39, 0.29) is 22.8 Å². The average Bonchev–Trinajstić information content (AvgIpc) is 3.54. The van der Waals surface area contributed by atoms with Gasteiger partial charge in [0.2, 0.25) is 11.8 Å². The number of hydrogen-bond donors (Lipinski definition) is 4. The summed E-state index contributed by atoms with van der Waals surface area (Å²) in [6, 6.07) is 1.69. The van der Waals surface area contributed by atoms with Crippen molar-refractivity contribution < 1.29 is 22.8 Å². The first-order valence-electron chi connectivity index (χ1n) is 12.3. The van der Waals surface area contributed by atoms with Crippen molar-refractivity contribution in [2.24, 2.45) is 5.41 Å². The third kappa shape index (κ3) is 7.92. The van der Waals surface area contributed by atoms with E-state index in [9.17, 15) is 22.8 Å². The van der Waals surface area contributed by atoms with E-state index in [0.717, 1.165) is 6.26 Å². The van der Waals surface area contributed by atoms with Crippen LogP contribution in [-0.2, 0) is 25.8 Å². The molecule has 0 aliphatic carbocycles. The molecule has 2 aromatic rings. The van der Waals surface area contributed by atoms with Crippen LogP contribution in [0.15, 0.2) is 28.6 Å². The standard InChI is InChI=1S/C24H32Cl2N8O5S/c1-24(2,3)20(29-21(35)13-7-8-16(27)15(25)10-13)23(37)34-9-5-6-17(34)22(36)28-14(11-18(26)40(4,38)39)12-19-30-32-33-31-19/h7-8,10-11,14,17,20H,5-6,9,12,27H2,1-4H3,(H,28,36)(H,29,35)(H,30,31,32,33)/b18-11+/t14-,17-,20+/m1/s1. The van der Waals surface area contributed by atoms with Gasteiger partial charge in [0.05, 0.1) is 16.8 Å². The number of nitrogen functional groups attached to an aromatic ring is 1. The first-order valence-corrected chi connectivity index (χ1v) is 15.0. The van der Waals surface area contributed by atoms with Gasteiger partial charge < -0.3 is 21.3 Å². The number of benzene rings is 1. The number of carbonyl (C=O) groups is 3. The van der Waals surface area contributed by atoms with Crippen LogP contribution in [0.2, 0.25) is 5.02 Å². The van der Waals surface area contributed by atoms with Gasteiger partial charge in [-0.3, -0.25) is 14.4 Å². The van der Waals surface area contributed by atoms with Crippen molar-refractivity contribution in [3.8, 4) is 0 Å². The van der Waals surface area contributed by atoms with E-state index >= 15 is 0 Å². The molecule has 0 radical (unpaired) electrons. The molecule has 3 amide bonds. The number of nitrogens with two attached hydrogens (primary N) is 1. The van der Waals surface area contributed by atoms with E-state index in [1.54, 1.807) is 20.8 Å². The quantitative estimate of drug-likeness (QED) is 0.302. The molecule has 218 valence electrons. The van der Waals surface area contributed by atoms with Crippen molar-refractivity contribution in [3.05, 3.63) is 45.0 Å². The predicted octanol–water partition coefficient (Wildman–Crippen LogP) is 1.42. The molecule has 13 nitrogen and oxygen atoms in total. The minimum absolute atomic E-state index is 0.000526. The van der Waals surface area contributed by atoms with Crippen molar-refractivity contribution in [2.75, 3.05) is 18.5 Å². The predicted molar refractivity (Wildman–Crippen MR) is 150 cm³/mol. The Morgan fingerprint density at radius 2 is 1.98 bits per heavy atom. The summed E-state index contributed by atoms with van der Waals surface area (Å²) in [6.45, 7) is 5.70. The molecule has 2 heterocycles. The Morgan fingerprint density at radius 1 is 1.27 bits per heavy atom. The molecule has 1 fully saturated rings. The van der Waals surface area contributed by atoms with Crippen LogP contribution >= 0.6 is 23.2 Å². The zero-order valence-electron chi connectivity index (χ0n) is 22.4. The molecule has 0 saturated carbocycles. The molecule has 1 aliphatic rings. The molecule has 16 heteroatoms. The van der Waals surface area contributed by atoms with Crippen molar-refractivity contribution in [3.63, 3.8) is 0 Å². The zero-order valence-corrected chi connectivity index (χ0v) is 24.8. The Balaban J connectivity index is 1.81. The van der Waals surface area contributed by atoms with Crippen molar-refractivity contribution in [2.45, 2.75) is 58.2 Å². The summed E-state index contributed by atoms with van der Waals surface area (Å²) < 4.78 is 23.3. The Hall–Kier alpha value is -3.23. The third-order valence-corrected chi connectivity index (χ3v) is 8.43. The zero-order chi connectivity index (χ0) is 29.8. The van der Waals surface area contributed by atoms with E-state index < -0.39 is 55.5 Å². The highest BCUT2D eigenvalue weighted by atomic mass is 35.5. The van der Waals surface area contributed by atoms with Gasteiger partial charge in [-0.25, -0.2) is 8.42 Å². The highest BCUT2D eigenvalue weighted by Gasteiger charge is 2.42. The highest BCUT2D eigenvalue weighted by Crippen LogP contribution is 2.27. The van der Waals surface area contributed by atoms with Crippen molar-refractivity contribution >= 4 is 56.4 Å². The molecule has 0 unspecified atom stereocenters. The number of likely N-dealkylation sites (tertiary alicyclic amines) is 1. The number of halogens is 2. The number of amides is 3. The number of tetrazole rings is 1.